The van der Waals surface area contributed by atoms with Gasteiger partial charge in [0.05, 0.1) is 0 Å². The van der Waals surface area contributed by atoms with Crippen LogP contribution in [0.4, 0.5) is 0 Å². The second-order valence-corrected chi connectivity index (χ2v) is 36.0. The number of hydrogen-bond donors (Lipinski definition) is 0. The van der Waals surface area contributed by atoms with Crippen LogP contribution in [0.2, 0.25) is 0 Å². The highest BCUT2D eigenvalue weighted by atomic mass is 14.1. The van der Waals surface area contributed by atoms with Crippen molar-refractivity contribution >= 4 is 0 Å². The Kier molecular flexibility index (Phi) is 135. The van der Waals surface area contributed by atoms with Crippen molar-refractivity contribution in [3.05, 3.63) is 360 Å². The standard InChI is InChI=1S/5C14H24.4C13H22.C12H20/c1-5-10-14(6-2)12-9-7-8-11-13(3)4;3*1-5-9-13(4)11-8-12-14(7-3)10-6-2;1-5-10-14(8-4)12-9-11-13(6-2)7-3;2*1-5-9-13(6-2)11-8-7-10-12(3)4;1-5-9-13(7-3)11-8-10-12(4)6-2;1-4-7-8-9-10-12-13(6-3)11-5-2;1-5-8-12(6-2)10-7-9-11(3)4/h5-6,11H,1,7-10,12H2,2-4H3;3*6-7,11H,2,5,8-10,12H2,1,3-4H3;5,8,11H,1,6-7,9-10,12H2,2-4H3;2*5-6,10H,1,7-9,11H2,2-4H3;5,7,10H,1,6,8-9,11H2,2-4H3;5-6,8-9H,2,4,7,10-12H2,1,3H3;5-6,9H,1,7-8,10H2,2-4H3/b14-6-;2*13-11?,14-7+;13-11-,14-7-;14-8+;13-6+;13-6-;12-10?,13-7+;9-8-,13-6-;12-6+. The van der Waals surface area contributed by atoms with Crippen LogP contribution in [0.1, 0.15) is 490 Å². The first-order valence-electron chi connectivity index (χ1n) is 53.4. The first-order valence-corrected chi connectivity index (χ1v) is 53.4. The van der Waals surface area contributed by atoms with Gasteiger partial charge in [-0.25, -0.2) is 0 Å². The van der Waals surface area contributed by atoms with Crippen LogP contribution in [0, 0.1) is 0 Å². The van der Waals surface area contributed by atoms with Crippen molar-refractivity contribution in [2.75, 3.05) is 0 Å². The average Bonchev–Trinajstić information content (AvgIpc) is 1.04. The molecule has 0 saturated carbocycles. The molecule has 0 amide bonds. The monoisotopic (exact) mass is 1840 g/mol. The highest BCUT2D eigenvalue weighted by molar-refractivity contribution is 5.16. The van der Waals surface area contributed by atoms with E-state index in [1.165, 1.54) is 319 Å². The third kappa shape index (κ3) is 126. The van der Waals surface area contributed by atoms with Crippen molar-refractivity contribution in [2.24, 2.45) is 0 Å². The fourth-order valence-corrected chi connectivity index (χ4v) is 13.7. The van der Waals surface area contributed by atoms with E-state index in [-0.39, 0.29) is 0 Å². The van der Waals surface area contributed by atoms with Crippen LogP contribution in [0.3, 0.4) is 0 Å². The second-order valence-electron chi connectivity index (χ2n) is 36.0. The van der Waals surface area contributed by atoms with E-state index in [4.69, 9.17) is 0 Å². The van der Waals surface area contributed by atoms with Crippen LogP contribution in [-0.4, -0.2) is 0 Å². The minimum absolute atomic E-state index is 1.03. The molecule has 0 aliphatic carbocycles. The molecular formula is C134H228. The minimum atomic E-state index is 1.03. The van der Waals surface area contributed by atoms with E-state index in [1.807, 2.05) is 60.8 Å². The molecule has 0 N–H and O–H groups in total. The van der Waals surface area contributed by atoms with Gasteiger partial charge in [0.2, 0.25) is 0 Å². The maximum absolute atomic E-state index is 3.77. The molecule has 0 aromatic carbocycles. The smallest absolute Gasteiger partial charge is 0.0142 e. The molecule has 0 aromatic rings. The summed E-state index contributed by atoms with van der Waals surface area (Å²) < 4.78 is 0. The quantitative estimate of drug-likeness (QED) is 0.0421. The summed E-state index contributed by atoms with van der Waals surface area (Å²) in [5.74, 6) is 0. The fourth-order valence-electron chi connectivity index (χ4n) is 13.7. The zero-order chi connectivity index (χ0) is 104. The normalized spacial score (nSPS) is 12.1. The van der Waals surface area contributed by atoms with Crippen LogP contribution in [-0.2, 0) is 0 Å². The van der Waals surface area contributed by atoms with Crippen LogP contribution in [0.25, 0.3) is 0 Å². The molecule has 0 aliphatic heterocycles. The molecule has 0 radical (unpaired) electrons. The van der Waals surface area contributed by atoms with E-state index in [2.05, 4.69) is 394 Å². The Morgan fingerprint density at radius 1 is 0.164 bits per heavy atom. The van der Waals surface area contributed by atoms with Crippen LogP contribution in [0.5, 0.6) is 0 Å². The van der Waals surface area contributed by atoms with E-state index in [0.29, 0.717) is 0 Å². The van der Waals surface area contributed by atoms with Crippen molar-refractivity contribution in [3.63, 3.8) is 0 Å². The zero-order valence-corrected chi connectivity index (χ0v) is 95.3. The largest absolute Gasteiger partial charge is 0.103 e. The molecule has 134 heavy (non-hydrogen) atoms. The third-order valence-electron chi connectivity index (χ3n) is 22.6. The Balaban J connectivity index is -0.000000159. The first kappa shape index (κ1) is 147. The molecule has 0 atom stereocenters. The molecule has 764 valence electrons. The first-order chi connectivity index (χ1) is 64.4. The van der Waals surface area contributed by atoms with Crippen molar-refractivity contribution in [3.8, 4) is 0 Å². The predicted octanol–water partition coefficient (Wildman–Crippen LogP) is 48.0. The zero-order valence-electron chi connectivity index (χ0n) is 95.3. The van der Waals surface area contributed by atoms with E-state index < -0.39 is 0 Å². The molecule has 0 aromatic heterocycles. The van der Waals surface area contributed by atoms with E-state index >= 15 is 0 Å². The van der Waals surface area contributed by atoms with Crippen molar-refractivity contribution in [1.82, 2.24) is 0 Å². The van der Waals surface area contributed by atoms with Crippen molar-refractivity contribution in [2.45, 2.75) is 490 Å². The maximum Gasteiger partial charge on any atom is -0.0142 e. The SMILES string of the molecule is C=CC/C(=C/C)CC/C=C(/C)CCC.C=CC/C(=C/C)CC/C=C\CCC.C=CC/C(=C/C)CCCC=C(C)C.C=CC/C(=C/C)CCCCC=C(C)C.C=CC/C(=C\C)CCC=C(C)C.C=CC/C(=C\C)CCC=C(C)CC.C=CC/C(=C\C)CCC=C(C)CCC.C=CC/C(=C\C)CCC=C(C)CCC.C=CC/C(=C\C)CCC=C(CC)CC.C=CC/C(=C\C)CCCC=C(C)C. The Labute approximate surface area is 844 Å². The lowest BCUT2D eigenvalue weighted by Gasteiger charge is -2.03. The molecule has 0 rings (SSSR count). The Hall–Kier alpha value is -7.80. The summed E-state index contributed by atoms with van der Waals surface area (Å²) >= 11 is 0. The molecule has 0 spiro atoms. The summed E-state index contributed by atoms with van der Waals surface area (Å²) in [4.78, 5) is 0. The van der Waals surface area contributed by atoms with Gasteiger partial charge in [-0.2, -0.15) is 0 Å². The summed E-state index contributed by atoms with van der Waals surface area (Å²) in [5, 5.41) is 0. The molecule has 0 fully saturated rings. The highest BCUT2D eigenvalue weighted by Crippen LogP contribution is 2.22. The third-order valence-corrected chi connectivity index (χ3v) is 22.6. The molecule has 0 saturated heterocycles. The van der Waals surface area contributed by atoms with Crippen LogP contribution < -0.4 is 0 Å². The van der Waals surface area contributed by atoms with Gasteiger partial charge >= 0.3 is 0 Å². The van der Waals surface area contributed by atoms with Gasteiger partial charge in [-0.05, 0) is 416 Å². The van der Waals surface area contributed by atoms with Gasteiger partial charge < -0.3 is 0 Å². The van der Waals surface area contributed by atoms with Gasteiger partial charge in [0.15, 0.2) is 0 Å². The van der Waals surface area contributed by atoms with Gasteiger partial charge in [-0.1, -0.05) is 368 Å². The number of hydrogen-bond acceptors (Lipinski definition) is 0. The molecule has 0 heteroatoms. The molecule has 0 heterocycles. The number of rotatable bonds is 65. The molecule has 0 unspecified atom stereocenters. The van der Waals surface area contributed by atoms with Gasteiger partial charge in [-0.15, -0.1) is 65.8 Å². The Morgan fingerprint density at radius 3 is 0.567 bits per heavy atom. The summed E-state index contributed by atoms with van der Waals surface area (Å²) in [5.41, 5.74) is 28.4. The molecular weight excluding hydrogens is 1610 g/mol. The summed E-state index contributed by atoms with van der Waals surface area (Å²) in [6.07, 6.45) is 120. The predicted molar refractivity (Wildman–Crippen MR) is 637 cm³/mol. The lowest BCUT2D eigenvalue weighted by atomic mass is 10.0. The highest BCUT2D eigenvalue weighted by Gasteiger charge is 2.02. The lowest BCUT2D eigenvalue weighted by molar-refractivity contribution is 0.731. The Morgan fingerprint density at radius 2 is 0.358 bits per heavy atom. The van der Waals surface area contributed by atoms with E-state index in [1.54, 1.807) is 5.57 Å². The number of unbranched alkanes of at least 4 members (excludes halogenated alkanes) is 5. The van der Waals surface area contributed by atoms with Gasteiger partial charge in [0.1, 0.15) is 0 Å². The topological polar surface area (TPSA) is 0 Å². The number of allylic oxidation sites excluding steroid dienone is 50. The summed E-state index contributed by atoms with van der Waals surface area (Å²) in [7, 11) is 0. The molecule has 0 bridgehead atoms. The van der Waals surface area contributed by atoms with Crippen molar-refractivity contribution in [1.29, 1.82) is 0 Å². The maximum atomic E-state index is 3.77. The summed E-state index contributed by atoms with van der Waals surface area (Å²) in [6.45, 7) is 100. The van der Waals surface area contributed by atoms with Crippen LogP contribution in [0.15, 0.2) is 360 Å². The Bertz CT molecular complexity index is 3330. The molecule has 0 aliphatic rings. The fraction of sp³-hybridized carbons (Fsp3) is 0.552. The van der Waals surface area contributed by atoms with Gasteiger partial charge in [0, 0.05) is 0 Å². The average molecular weight is 1840 g/mol. The molecule has 0 nitrogen and oxygen atoms in total. The summed E-state index contributed by atoms with van der Waals surface area (Å²) in [6, 6.07) is 0. The second kappa shape index (κ2) is 123. The van der Waals surface area contributed by atoms with Crippen LogP contribution >= 0.6 is 0 Å². The minimum Gasteiger partial charge on any atom is -0.103 e. The van der Waals surface area contributed by atoms with Gasteiger partial charge in [0.25, 0.3) is 0 Å². The van der Waals surface area contributed by atoms with Gasteiger partial charge in [-0.3, -0.25) is 0 Å². The van der Waals surface area contributed by atoms with Crippen molar-refractivity contribution < 1.29 is 0 Å². The van der Waals surface area contributed by atoms with E-state index in [9.17, 15) is 0 Å². The van der Waals surface area contributed by atoms with E-state index in [0.717, 1.165) is 70.6 Å². The lowest BCUT2D eigenvalue weighted by Crippen LogP contribution is -1.83.